The van der Waals surface area contributed by atoms with Gasteiger partial charge in [0.1, 0.15) is 0 Å². The van der Waals surface area contributed by atoms with E-state index in [0.717, 1.165) is 48.5 Å². The fraction of sp³-hybridized carbons (Fsp3) is 0.320. The number of likely N-dealkylation sites (tertiary alicyclic amines) is 1. The van der Waals surface area contributed by atoms with E-state index >= 15 is 0 Å². The first-order valence-electron chi connectivity index (χ1n) is 19.9. The van der Waals surface area contributed by atoms with Crippen LogP contribution in [0.4, 0.5) is 0 Å². The van der Waals surface area contributed by atoms with E-state index in [-0.39, 0.29) is 18.3 Å². The van der Waals surface area contributed by atoms with E-state index in [1.54, 1.807) is 12.1 Å². The number of carbonyl (C=O) groups is 2. The standard InChI is InChI=1S/C25H27NO.C17H21N.C8H7ClO.ClH/c1-18-7-5-10-22(15-18)25(27)26-14-13-20(17-26)16-19(2)23-12-6-9-21-8-3-4-11-24(21)23;1-13(11-14-9-10-18-12-14)16-8-4-6-15-5-2-3-7-17(15)16;1-6-3-2-4-7(5-6)8(9)10;/h3-12,15,19-20H,13-14,16-17H2,1-2H3;2-8,13-14,18H,9-12H2,1H3;2-5H,1H3;1H/t19-,20+;13-,14+;;/m00../s1. The molecule has 0 unspecified atom stereocenters. The molecule has 0 bridgehead atoms. The normalized spacial score (nSPS) is 17.2. The Kier molecular flexibility index (Phi) is 15.7. The van der Waals surface area contributed by atoms with Gasteiger partial charge in [0.05, 0.1) is 0 Å². The lowest BCUT2D eigenvalue weighted by Gasteiger charge is -2.20. The van der Waals surface area contributed by atoms with E-state index in [1.165, 1.54) is 58.6 Å². The van der Waals surface area contributed by atoms with Crippen molar-refractivity contribution in [2.24, 2.45) is 11.8 Å². The third kappa shape index (κ3) is 11.3. The lowest BCUT2D eigenvalue weighted by molar-refractivity contribution is 0.0786. The minimum absolute atomic E-state index is 0. The number of amides is 1. The van der Waals surface area contributed by atoms with Crippen LogP contribution in [0.1, 0.15) is 94.3 Å². The van der Waals surface area contributed by atoms with Crippen molar-refractivity contribution >= 4 is 56.7 Å². The lowest BCUT2D eigenvalue weighted by Crippen LogP contribution is -2.28. The van der Waals surface area contributed by atoms with Gasteiger partial charge >= 0.3 is 0 Å². The van der Waals surface area contributed by atoms with Crippen molar-refractivity contribution in [1.82, 2.24) is 10.2 Å². The Morgan fingerprint density at radius 2 is 1.16 bits per heavy atom. The van der Waals surface area contributed by atoms with Gasteiger partial charge in [-0.1, -0.05) is 140 Å². The molecule has 6 aromatic rings. The van der Waals surface area contributed by atoms with Crippen LogP contribution in [0, 0.1) is 25.7 Å². The maximum atomic E-state index is 12.8. The molecule has 2 aliphatic heterocycles. The van der Waals surface area contributed by atoms with E-state index in [4.69, 9.17) is 11.6 Å². The summed E-state index contributed by atoms with van der Waals surface area (Å²) < 4.78 is 0. The van der Waals surface area contributed by atoms with Gasteiger partial charge in [-0.15, -0.1) is 12.4 Å². The Bertz CT molecular complexity index is 2200. The maximum absolute atomic E-state index is 12.8. The highest BCUT2D eigenvalue weighted by molar-refractivity contribution is 6.67. The van der Waals surface area contributed by atoms with E-state index in [9.17, 15) is 9.59 Å². The molecule has 292 valence electrons. The van der Waals surface area contributed by atoms with Crippen molar-refractivity contribution in [3.63, 3.8) is 0 Å². The summed E-state index contributed by atoms with van der Waals surface area (Å²) in [6.07, 6.45) is 4.88. The molecule has 8 rings (SSSR count). The Morgan fingerprint density at radius 3 is 1.68 bits per heavy atom. The number of hydrogen-bond acceptors (Lipinski definition) is 3. The van der Waals surface area contributed by atoms with Crippen LogP contribution in [0.5, 0.6) is 0 Å². The zero-order chi connectivity index (χ0) is 38.7. The monoisotopic (exact) mass is 786 g/mol. The minimum Gasteiger partial charge on any atom is -0.338 e. The van der Waals surface area contributed by atoms with E-state index in [1.807, 2.05) is 55.1 Å². The number of nitrogens with one attached hydrogen (secondary N) is 1. The number of halogens is 2. The summed E-state index contributed by atoms with van der Waals surface area (Å²) in [5, 5.41) is 8.53. The van der Waals surface area contributed by atoms with Crippen LogP contribution in [-0.4, -0.2) is 42.2 Å². The number of rotatable bonds is 8. The molecule has 0 aliphatic carbocycles. The van der Waals surface area contributed by atoms with Crippen molar-refractivity contribution in [3.05, 3.63) is 167 Å². The van der Waals surface area contributed by atoms with Gasteiger partial charge in [0.25, 0.3) is 11.1 Å². The van der Waals surface area contributed by atoms with Crippen LogP contribution in [-0.2, 0) is 0 Å². The average molecular weight is 788 g/mol. The molecule has 2 fully saturated rings. The highest BCUT2D eigenvalue weighted by atomic mass is 35.5. The van der Waals surface area contributed by atoms with Crippen molar-refractivity contribution in [2.45, 2.75) is 65.2 Å². The largest absolute Gasteiger partial charge is 0.338 e. The van der Waals surface area contributed by atoms with Crippen molar-refractivity contribution in [2.75, 3.05) is 26.2 Å². The zero-order valence-electron chi connectivity index (χ0n) is 33.2. The van der Waals surface area contributed by atoms with E-state index in [0.29, 0.717) is 23.3 Å². The number of benzene rings is 6. The highest BCUT2D eigenvalue weighted by Gasteiger charge is 2.28. The molecule has 4 nitrogen and oxygen atoms in total. The minimum atomic E-state index is -0.399. The second-order valence-electron chi connectivity index (χ2n) is 15.7. The molecule has 6 heteroatoms. The molecule has 0 spiro atoms. The first-order chi connectivity index (χ1) is 26.7. The first-order valence-corrected chi connectivity index (χ1v) is 20.3. The number of fused-ring (bicyclic) bond motifs is 2. The van der Waals surface area contributed by atoms with Crippen LogP contribution >= 0.6 is 24.0 Å². The van der Waals surface area contributed by atoms with Gasteiger partial charge in [-0.05, 0) is 139 Å². The van der Waals surface area contributed by atoms with Gasteiger partial charge in [-0.2, -0.15) is 0 Å². The summed E-state index contributed by atoms with van der Waals surface area (Å²) in [4.78, 5) is 25.4. The van der Waals surface area contributed by atoms with E-state index < -0.39 is 5.24 Å². The molecule has 2 aliphatic rings. The molecule has 4 atom stereocenters. The molecule has 0 radical (unpaired) electrons. The van der Waals surface area contributed by atoms with E-state index in [2.05, 4.69) is 104 Å². The number of hydrogen-bond donors (Lipinski definition) is 1. The van der Waals surface area contributed by atoms with Crippen LogP contribution < -0.4 is 5.32 Å². The Morgan fingerprint density at radius 1 is 0.661 bits per heavy atom. The SMILES string of the molecule is C[C@@H](C[C@H]1CCNC1)c1cccc2ccccc12.Cc1cccc(C(=O)Cl)c1.Cc1cccc(C(=O)N2CC[C@H](C[C@H](C)c3cccc4ccccc34)C2)c1.Cl. The third-order valence-corrected chi connectivity index (χ3v) is 11.5. The summed E-state index contributed by atoms with van der Waals surface area (Å²) in [6, 6.07) is 45.8. The predicted molar refractivity (Wildman–Crippen MR) is 239 cm³/mol. The second kappa shape index (κ2) is 20.6. The summed E-state index contributed by atoms with van der Waals surface area (Å²) >= 11 is 5.24. The van der Waals surface area contributed by atoms with Crippen LogP contribution in [0.15, 0.2) is 133 Å². The predicted octanol–water partition coefficient (Wildman–Crippen LogP) is 12.5. The topological polar surface area (TPSA) is 49.4 Å². The van der Waals surface area contributed by atoms with Gasteiger partial charge in [-0.3, -0.25) is 9.59 Å². The average Bonchev–Trinajstić information content (AvgIpc) is 3.90. The molecule has 6 aromatic carbocycles. The molecule has 2 saturated heterocycles. The number of nitrogens with zero attached hydrogens (tertiary/aromatic N) is 1. The molecule has 1 amide bonds. The molecule has 56 heavy (non-hydrogen) atoms. The van der Waals surface area contributed by atoms with Crippen molar-refractivity contribution < 1.29 is 9.59 Å². The highest BCUT2D eigenvalue weighted by Crippen LogP contribution is 2.34. The van der Waals surface area contributed by atoms with Crippen LogP contribution in [0.2, 0.25) is 0 Å². The van der Waals surface area contributed by atoms with Gasteiger partial charge in [0.2, 0.25) is 0 Å². The number of aryl methyl sites for hydroxylation is 2. The van der Waals surface area contributed by atoms with Crippen LogP contribution in [0.25, 0.3) is 21.5 Å². The Hall–Kier alpha value is -4.48. The summed E-state index contributed by atoms with van der Waals surface area (Å²) in [7, 11) is 0. The molecular formula is C50H56Cl2N2O2. The summed E-state index contributed by atoms with van der Waals surface area (Å²) in [6.45, 7) is 12.8. The quantitative estimate of drug-likeness (QED) is 0.156. The zero-order valence-corrected chi connectivity index (χ0v) is 34.8. The van der Waals surface area contributed by atoms with Crippen LogP contribution in [0.3, 0.4) is 0 Å². The molecular weight excluding hydrogens is 731 g/mol. The Balaban J connectivity index is 0.000000178. The third-order valence-electron chi connectivity index (χ3n) is 11.3. The fourth-order valence-corrected chi connectivity index (χ4v) is 8.58. The Labute approximate surface area is 345 Å². The maximum Gasteiger partial charge on any atom is 0.253 e. The molecule has 2 heterocycles. The molecule has 0 saturated carbocycles. The van der Waals surface area contributed by atoms with Gasteiger partial charge in [0.15, 0.2) is 0 Å². The summed E-state index contributed by atoms with van der Waals surface area (Å²) in [5.74, 6) is 2.77. The molecule has 0 aromatic heterocycles. The van der Waals surface area contributed by atoms with Gasteiger partial charge < -0.3 is 10.2 Å². The van der Waals surface area contributed by atoms with Crippen molar-refractivity contribution in [3.8, 4) is 0 Å². The smallest absolute Gasteiger partial charge is 0.253 e. The fourth-order valence-electron chi connectivity index (χ4n) is 8.47. The number of carbonyl (C=O) groups excluding carboxylic acids is 2. The second-order valence-corrected chi connectivity index (χ2v) is 16.0. The first kappa shape index (κ1) is 42.7. The van der Waals surface area contributed by atoms with Gasteiger partial charge in [0, 0.05) is 24.2 Å². The lowest BCUT2D eigenvalue weighted by atomic mass is 9.87. The van der Waals surface area contributed by atoms with Crippen molar-refractivity contribution in [1.29, 1.82) is 0 Å². The molecule has 1 N–H and O–H groups in total. The van der Waals surface area contributed by atoms with Gasteiger partial charge in [-0.25, -0.2) is 0 Å². The summed E-state index contributed by atoms with van der Waals surface area (Å²) in [5.41, 5.74) is 6.50.